The Hall–Kier alpha value is -1.33. The first-order valence-corrected chi connectivity index (χ1v) is 8.39. The van der Waals surface area contributed by atoms with E-state index < -0.39 is 17.8 Å². The van der Waals surface area contributed by atoms with Crippen molar-refractivity contribution in [2.45, 2.75) is 58.7 Å². The summed E-state index contributed by atoms with van der Waals surface area (Å²) >= 11 is 0. The summed E-state index contributed by atoms with van der Waals surface area (Å²) in [7, 11) is 0.522. The molecule has 1 aliphatic rings. The van der Waals surface area contributed by atoms with Crippen molar-refractivity contribution in [2.24, 2.45) is 17.8 Å². The molecular weight excluding hydrogens is 283 g/mol. The molecule has 0 aromatic carbocycles. The van der Waals surface area contributed by atoms with Crippen molar-refractivity contribution in [3.63, 3.8) is 0 Å². The van der Waals surface area contributed by atoms with E-state index in [2.05, 4.69) is 0 Å². The van der Waals surface area contributed by atoms with Crippen LogP contribution in [-0.2, 0) is 19.1 Å². The zero-order valence-electron chi connectivity index (χ0n) is 13.7. The number of hydrogen-bond donors (Lipinski definition) is 1. The van der Waals surface area contributed by atoms with Gasteiger partial charge in [-0.15, -0.1) is 0 Å². The second-order valence-electron chi connectivity index (χ2n) is 6.24. The molecule has 1 N–H and O–H groups in total. The van der Waals surface area contributed by atoms with Crippen LogP contribution in [0.4, 0.5) is 0 Å². The highest BCUT2D eigenvalue weighted by Gasteiger charge is 2.36. The first kappa shape index (κ1) is 18.7. The summed E-state index contributed by atoms with van der Waals surface area (Å²) in [6.45, 7) is 4.19. The number of esters is 1. The molecule has 0 heterocycles. The van der Waals surface area contributed by atoms with E-state index in [1.807, 2.05) is 13.8 Å². The van der Waals surface area contributed by atoms with Crippen LogP contribution >= 0.6 is 0 Å². The van der Waals surface area contributed by atoms with E-state index in [1.165, 1.54) is 0 Å². The minimum atomic E-state index is -0.902. The Labute approximate surface area is 133 Å². The average Bonchev–Trinajstić information content (AvgIpc) is 2.53. The smallest absolute Gasteiger partial charge is 0.309 e. The molecule has 6 heteroatoms. The van der Waals surface area contributed by atoms with Crippen molar-refractivity contribution in [1.82, 2.24) is 0 Å². The van der Waals surface area contributed by atoms with Gasteiger partial charge in [0.15, 0.2) is 0 Å². The SMILES string of the molecule is CCC(C)C(=O)BCCCOC(=O)C1CCCCC1C(=O)O. The first-order valence-electron chi connectivity index (χ1n) is 8.39. The predicted octanol–water partition coefficient (Wildman–Crippen LogP) is 2.24. The molecule has 1 saturated carbocycles. The minimum absolute atomic E-state index is 0.0983. The minimum Gasteiger partial charge on any atom is -0.481 e. The maximum Gasteiger partial charge on any atom is 0.309 e. The van der Waals surface area contributed by atoms with Gasteiger partial charge in [0, 0.05) is 5.92 Å². The molecule has 5 nitrogen and oxygen atoms in total. The zero-order chi connectivity index (χ0) is 16.5. The van der Waals surface area contributed by atoms with Crippen molar-refractivity contribution < 1.29 is 24.2 Å². The van der Waals surface area contributed by atoms with Gasteiger partial charge < -0.3 is 14.6 Å². The van der Waals surface area contributed by atoms with E-state index >= 15 is 0 Å². The van der Waals surface area contributed by atoms with E-state index in [-0.39, 0.29) is 24.2 Å². The molecule has 1 fully saturated rings. The zero-order valence-corrected chi connectivity index (χ0v) is 13.7. The van der Waals surface area contributed by atoms with Crippen LogP contribution in [0.25, 0.3) is 0 Å². The third-order valence-corrected chi connectivity index (χ3v) is 4.61. The quantitative estimate of drug-likeness (QED) is 0.401. The molecule has 1 rings (SSSR count). The second-order valence-corrected chi connectivity index (χ2v) is 6.24. The van der Waals surface area contributed by atoms with Crippen LogP contribution in [0.3, 0.4) is 0 Å². The van der Waals surface area contributed by atoms with Gasteiger partial charge in [-0.1, -0.05) is 33.0 Å². The van der Waals surface area contributed by atoms with Gasteiger partial charge in [0.1, 0.15) is 0 Å². The molecule has 124 valence electrons. The summed E-state index contributed by atoms with van der Waals surface area (Å²) < 4.78 is 5.22. The Morgan fingerprint density at radius 3 is 2.45 bits per heavy atom. The topological polar surface area (TPSA) is 80.7 Å². The van der Waals surface area contributed by atoms with Gasteiger partial charge in [0.25, 0.3) is 0 Å². The molecule has 1 aliphatic carbocycles. The third-order valence-electron chi connectivity index (χ3n) is 4.61. The Morgan fingerprint density at radius 1 is 1.23 bits per heavy atom. The lowest BCUT2D eigenvalue weighted by Gasteiger charge is -2.26. The van der Waals surface area contributed by atoms with Gasteiger partial charge in [-0.3, -0.25) is 9.59 Å². The van der Waals surface area contributed by atoms with Gasteiger partial charge in [0.05, 0.1) is 24.1 Å². The fourth-order valence-electron chi connectivity index (χ4n) is 2.86. The molecule has 0 aromatic heterocycles. The highest BCUT2D eigenvalue weighted by Crippen LogP contribution is 2.31. The van der Waals surface area contributed by atoms with Gasteiger partial charge in [0.2, 0.25) is 7.28 Å². The molecule has 0 saturated heterocycles. The monoisotopic (exact) mass is 310 g/mol. The van der Waals surface area contributed by atoms with Crippen LogP contribution in [0.1, 0.15) is 52.4 Å². The van der Waals surface area contributed by atoms with Crippen molar-refractivity contribution >= 4 is 24.9 Å². The molecular formula is C16H27BO5. The third kappa shape index (κ3) is 5.81. The van der Waals surface area contributed by atoms with E-state index in [9.17, 15) is 14.4 Å². The fraction of sp³-hybridized carbons (Fsp3) is 0.812. The molecule has 0 aromatic rings. The van der Waals surface area contributed by atoms with Crippen LogP contribution in [0.15, 0.2) is 0 Å². The van der Waals surface area contributed by atoms with E-state index in [0.717, 1.165) is 19.3 Å². The number of carbonyl (C=O) groups excluding carboxylic acids is 2. The Kier molecular flexibility index (Phi) is 8.21. The number of rotatable bonds is 9. The second kappa shape index (κ2) is 9.64. The summed E-state index contributed by atoms with van der Waals surface area (Å²) in [4.78, 5) is 34.8. The number of carboxylic acid groups (broad SMARTS) is 1. The maximum atomic E-state index is 12.0. The van der Waals surface area contributed by atoms with Crippen LogP contribution in [0, 0.1) is 17.8 Å². The summed E-state index contributed by atoms with van der Waals surface area (Å²) in [5, 5.41) is 9.16. The Morgan fingerprint density at radius 2 is 1.86 bits per heavy atom. The Balaban J connectivity index is 2.25. The summed E-state index contributed by atoms with van der Waals surface area (Å²) in [6.07, 6.45) is 5.11. The first-order chi connectivity index (χ1) is 10.5. The number of hydrogen-bond acceptors (Lipinski definition) is 4. The van der Waals surface area contributed by atoms with Crippen molar-refractivity contribution in [1.29, 1.82) is 0 Å². The van der Waals surface area contributed by atoms with Crippen LogP contribution in [-0.4, -0.2) is 36.6 Å². The molecule has 0 aliphatic heterocycles. The summed E-state index contributed by atoms with van der Waals surface area (Å²) in [5.41, 5.74) is 0.257. The van der Waals surface area contributed by atoms with Crippen molar-refractivity contribution in [2.75, 3.05) is 6.61 Å². The summed E-state index contributed by atoms with van der Waals surface area (Å²) in [6, 6.07) is 0. The molecule has 0 bridgehead atoms. The normalized spacial score (nSPS) is 22.6. The van der Waals surface area contributed by atoms with Crippen LogP contribution in [0.5, 0.6) is 0 Å². The predicted molar refractivity (Wildman–Crippen MR) is 85.1 cm³/mol. The van der Waals surface area contributed by atoms with E-state index in [1.54, 1.807) is 0 Å². The molecule has 3 atom stereocenters. The van der Waals surface area contributed by atoms with Crippen LogP contribution in [0.2, 0.25) is 6.32 Å². The molecule has 22 heavy (non-hydrogen) atoms. The lowest BCUT2D eigenvalue weighted by molar-refractivity contribution is -0.159. The largest absolute Gasteiger partial charge is 0.481 e. The number of carboxylic acids is 1. The lowest BCUT2D eigenvalue weighted by atomic mass is 9.64. The summed E-state index contributed by atoms with van der Waals surface area (Å²) in [5.74, 6) is -2.30. The molecule has 0 amide bonds. The van der Waals surface area contributed by atoms with E-state index in [4.69, 9.17) is 9.84 Å². The van der Waals surface area contributed by atoms with Crippen LogP contribution < -0.4 is 0 Å². The van der Waals surface area contributed by atoms with Crippen molar-refractivity contribution in [3.05, 3.63) is 0 Å². The number of ether oxygens (including phenoxy) is 1. The number of aliphatic carboxylic acids is 1. The standard InChI is InChI=1S/C16H27BO5/c1-3-11(2)14(18)17-9-6-10-22-16(21)13-8-5-4-7-12(13)15(19)20/h11-13,17H,3-10H2,1-2H3,(H,19,20). The molecule has 0 radical (unpaired) electrons. The van der Waals surface area contributed by atoms with Gasteiger partial charge in [-0.2, -0.15) is 0 Å². The van der Waals surface area contributed by atoms with Gasteiger partial charge in [-0.05, 0) is 25.7 Å². The molecule has 3 unspecified atom stereocenters. The Bertz CT molecular complexity index is 396. The van der Waals surface area contributed by atoms with Crippen molar-refractivity contribution in [3.8, 4) is 0 Å². The highest BCUT2D eigenvalue weighted by molar-refractivity contribution is 6.74. The molecule has 0 spiro atoms. The number of carbonyl (C=O) groups is 3. The van der Waals surface area contributed by atoms with Gasteiger partial charge >= 0.3 is 11.9 Å². The maximum absolute atomic E-state index is 12.0. The highest BCUT2D eigenvalue weighted by atomic mass is 16.5. The lowest BCUT2D eigenvalue weighted by Crippen LogP contribution is -2.34. The van der Waals surface area contributed by atoms with Gasteiger partial charge in [-0.25, -0.2) is 0 Å². The van der Waals surface area contributed by atoms with E-state index in [0.29, 0.717) is 32.9 Å². The average molecular weight is 310 g/mol. The fourth-order valence-corrected chi connectivity index (χ4v) is 2.86.